The van der Waals surface area contributed by atoms with Crippen LogP contribution in [0.25, 0.3) is 20.8 Å². The number of para-hydroxylation sites is 2. The summed E-state index contributed by atoms with van der Waals surface area (Å²) in [5, 5.41) is 7.34. The van der Waals surface area contributed by atoms with Crippen molar-refractivity contribution in [3.8, 4) is 16.3 Å². The van der Waals surface area contributed by atoms with Gasteiger partial charge < -0.3 is 10.1 Å². The van der Waals surface area contributed by atoms with Crippen molar-refractivity contribution in [3.63, 3.8) is 0 Å². The molecule has 0 fully saturated rings. The first-order chi connectivity index (χ1) is 15.4. The summed E-state index contributed by atoms with van der Waals surface area (Å²) in [6.45, 7) is 1.86. The minimum atomic E-state index is -0.389. The molecular formula is C23H17Cl2N3O2S2. The van der Waals surface area contributed by atoms with E-state index in [2.05, 4.69) is 15.6 Å². The fourth-order valence-corrected chi connectivity index (χ4v) is 5.00. The molecule has 0 aliphatic heterocycles. The Morgan fingerprint density at radius 2 is 1.88 bits per heavy atom. The zero-order valence-corrected chi connectivity index (χ0v) is 20.2. The molecular weight excluding hydrogens is 485 g/mol. The second-order valence-corrected chi connectivity index (χ2v) is 9.12. The smallest absolute Gasteiger partial charge is 0.261 e. The summed E-state index contributed by atoms with van der Waals surface area (Å²) >= 11 is 19.7. The molecule has 162 valence electrons. The maximum Gasteiger partial charge on any atom is 0.261 e. The first-order valence-corrected chi connectivity index (χ1v) is 11.5. The minimum absolute atomic E-state index is 0.0954. The van der Waals surface area contributed by atoms with Crippen LogP contribution in [0, 0.1) is 6.92 Å². The molecule has 0 saturated heterocycles. The summed E-state index contributed by atoms with van der Waals surface area (Å²) in [7, 11) is 1.52. The molecule has 5 nitrogen and oxygen atoms in total. The number of carbonyl (C=O) groups excluding carboxylic acids is 1. The zero-order valence-electron chi connectivity index (χ0n) is 17.0. The van der Waals surface area contributed by atoms with Crippen LogP contribution in [0.4, 0.5) is 5.69 Å². The lowest BCUT2D eigenvalue weighted by atomic mass is 10.1. The lowest BCUT2D eigenvalue weighted by Crippen LogP contribution is -2.34. The molecule has 0 atom stereocenters. The van der Waals surface area contributed by atoms with E-state index in [-0.39, 0.29) is 11.0 Å². The van der Waals surface area contributed by atoms with Crippen molar-refractivity contribution in [1.82, 2.24) is 10.3 Å². The third-order valence-corrected chi connectivity index (χ3v) is 6.62. The molecule has 32 heavy (non-hydrogen) atoms. The maximum atomic E-state index is 12.7. The predicted molar refractivity (Wildman–Crippen MR) is 136 cm³/mol. The lowest BCUT2D eigenvalue weighted by molar-refractivity contribution is 0.0974. The molecule has 4 aromatic rings. The number of anilines is 1. The van der Waals surface area contributed by atoms with Gasteiger partial charge in [0.1, 0.15) is 10.8 Å². The van der Waals surface area contributed by atoms with E-state index in [1.807, 2.05) is 37.3 Å². The third kappa shape index (κ3) is 4.56. The van der Waals surface area contributed by atoms with Gasteiger partial charge in [-0.25, -0.2) is 4.98 Å². The normalized spacial score (nSPS) is 10.8. The van der Waals surface area contributed by atoms with Gasteiger partial charge in [-0.2, -0.15) is 0 Å². The number of hydrogen-bond acceptors (Lipinski definition) is 5. The van der Waals surface area contributed by atoms with E-state index in [0.29, 0.717) is 32.6 Å². The monoisotopic (exact) mass is 501 g/mol. The Kier molecular flexibility index (Phi) is 6.62. The molecule has 0 saturated carbocycles. The van der Waals surface area contributed by atoms with Crippen molar-refractivity contribution < 1.29 is 9.53 Å². The number of fused-ring (bicyclic) bond motifs is 1. The van der Waals surface area contributed by atoms with Gasteiger partial charge in [-0.15, -0.1) is 11.3 Å². The van der Waals surface area contributed by atoms with Crippen molar-refractivity contribution >= 4 is 73.7 Å². The first-order valence-electron chi connectivity index (χ1n) is 9.48. The molecule has 4 rings (SSSR count). The van der Waals surface area contributed by atoms with Crippen LogP contribution in [-0.2, 0) is 0 Å². The Morgan fingerprint density at radius 1 is 1.09 bits per heavy atom. The Bertz CT molecular complexity index is 1320. The van der Waals surface area contributed by atoms with Gasteiger partial charge in [0.05, 0.1) is 38.6 Å². The highest BCUT2D eigenvalue weighted by Crippen LogP contribution is 2.39. The van der Waals surface area contributed by atoms with Crippen LogP contribution >= 0.6 is 46.8 Å². The fourth-order valence-electron chi connectivity index (χ4n) is 3.22. The van der Waals surface area contributed by atoms with E-state index in [4.69, 9.17) is 40.2 Å². The van der Waals surface area contributed by atoms with Gasteiger partial charge in [0.2, 0.25) is 0 Å². The summed E-state index contributed by atoms with van der Waals surface area (Å²) < 4.78 is 6.41. The molecule has 1 aromatic heterocycles. The Hall–Kier alpha value is -2.71. The number of benzene rings is 3. The van der Waals surface area contributed by atoms with Crippen LogP contribution in [0.1, 0.15) is 15.9 Å². The molecule has 0 unspecified atom stereocenters. The average Bonchev–Trinajstić information content (AvgIpc) is 3.19. The summed E-state index contributed by atoms with van der Waals surface area (Å²) in [6.07, 6.45) is 0. The molecule has 1 heterocycles. The quantitative estimate of drug-likeness (QED) is 0.304. The van der Waals surface area contributed by atoms with E-state index in [0.717, 1.165) is 20.8 Å². The highest BCUT2D eigenvalue weighted by Gasteiger charge is 2.17. The summed E-state index contributed by atoms with van der Waals surface area (Å²) in [4.78, 5) is 17.4. The number of methoxy groups -OCH3 is 1. The molecule has 2 N–H and O–H groups in total. The standard InChI is InChI=1S/C23H17Cl2N3O2S2/c1-12-6-5-7-13(20(12)30-2)21(29)28-23(31)27-18-10-14(15(24)11-16(18)25)22-26-17-8-3-4-9-19(17)32-22/h3-11H,1-2H3,(H2,27,28,29,31). The van der Waals surface area contributed by atoms with Crippen molar-refractivity contribution in [2.75, 3.05) is 12.4 Å². The number of ether oxygens (including phenoxy) is 1. The molecule has 9 heteroatoms. The molecule has 1 amide bonds. The molecule has 0 radical (unpaired) electrons. The van der Waals surface area contributed by atoms with E-state index >= 15 is 0 Å². The summed E-state index contributed by atoms with van der Waals surface area (Å²) in [5.74, 6) is 0.106. The van der Waals surface area contributed by atoms with Crippen LogP contribution < -0.4 is 15.4 Å². The van der Waals surface area contributed by atoms with Crippen molar-refractivity contribution in [3.05, 3.63) is 75.8 Å². The van der Waals surface area contributed by atoms with Gasteiger partial charge in [-0.3, -0.25) is 10.1 Å². The molecule has 0 aliphatic carbocycles. The topological polar surface area (TPSA) is 63.2 Å². The SMILES string of the molecule is COc1c(C)cccc1C(=O)NC(=S)Nc1cc(-c2nc3ccccc3s2)c(Cl)cc1Cl. The Labute approximate surface area is 204 Å². The minimum Gasteiger partial charge on any atom is -0.496 e. The average molecular weight is 502 g/mol. The highest BCUT2D eigenvalue weighted by atomic mass is 35.5. The number of thiocarbonyl (C=S) groups is 1. The molecule has 3 aromatic carbocycles. The number of thiazole rings is 1. The van der Waals surface area contributed by atoms with Gasteiger partial charge >= 0.3 is 0 Å². The van der Waals surface area contributed by atoms with E-state index in [1.54, 1.807) is 24.3 Å². The summed E-state index contributed by atoms with van der Waals surface area (Å²) in [5.41, 5.74) is 3.35. The number of aromatic nitrogens is 1. The lowest BCUT2D eigenvalue weighted by Gasteiger charge is -2.14. The van der Waals surface area contributed by atoms with Crippen molar-refractivity contribution in [1.29, 1.82) is 0 Å². The Morgan fingerprint density at radius 3 is 2.62 bits per heavy atom. The van der Waals surface area contributed by atoms with Gasteiger partial charge in [0.15, 0.2) is 5.11 Å². The number of aryl methyl sites for hydroxylation is 1. The zero-order chi connectivity index (χ0) is 22.8. The maximum absolute atomic E-state index is 12.7. The number of halogens is 2. The number of hydrogen-bond donors (Lipinski definition) is 2. The predicted octanol–water partition coefficient (Wildman–Crippen LogP) is 6.71. The van der Waals surface area contributed by atoms with Crippen molar-refractivity contribution in [2.45, 2.75) is 6.92 Å². The van der Waals surface area contributed by atoms with Crippen LogP contribution in [0.2, 0.25) is 10.0 Å². The van der Waals surface area contributed by atoms with Crippen molar-refractivity contribution in [2.24, 2.45) is 0 Å². The third-order valence-electron chi connectivity index (χ3n) is 4.72. The van der Waals surface area contributed by atoms with Crippen LogP contribution in [0.15, 0.2) is 54.6 Å². The van der Waals surface area contributed by atoms with Gasteiger partial charge in [-0.1, -0.05) is 47.5 Å². The van der Waals surface area contributed by atoms with Gasteiger partial charge in [0.25, 0.3) is 5.91 Å². The first kappa shape index (κ1) is 22.5. The largest absolute Gasteiger partial charge is 0.496 e. The van der Waals surface area contributed by atoms with Gasteiger partial charge in [0, 0.05) is 5.56 Å². The number of nitrogens with zero attached hydrogens (tertiary/aromatic N) is 1. The second kappa shape index (κ2) is 9.42. The number of amides is 1. The van der Waals surface area contributed by atoms with E-state index in [9.17, 15) is 4.79 Å². The molecule has 0 bridgehead atoms. The Balaban J connectivity index is 1.58. The number of carbonyl (C=O) groups is 1. The number of rotatable bonds is 4. The van der Waals surface area contributed by atoms with E-state index in [1.165, 1.54) is 18.4 Å². The number of nitrogens with one attached hydrogen (secondary N) is 2. The second-order valence-electron chi connectivity index (χ2n) is 6.86. The van der Waals surface area contributed by atoms with Crippen LogP contribution in [-0.4, -0.2) is 23.1 Å². The van der Waals surface area contributed by atoms with E-state index < -0.39 is 0 Å². The van der Waals surface area contributed by atoms with Crippen LogP contribution in [0.3, 0.4) is 0 Å². The van der Waals surface area contributed by atoms with Gasteiger partial charge in [-0.05, 0) is 55.0 Å². The molecule has 0 aliphatic rings. The van der Waals surface area contributed by atoms with Crippen LogP contribution in [0.5, 0.6) is 5.75 Å². The summed E-state index contributed by atoms with van der Waals surface area (Å²) in [6, 6.07) is 16.6. The highest BCUT2D eigenvalue weighted by molar-refractivity contribution is 7.80. The fraction of sp³-hybridized carbons (Fsp3) is 0.0870. The molecule has 0 spiro atoms.